The third kappa shape index (κ3) is 2.19. The van der Waals surface area contributed by atoms with Crippen LogP contribution in [0.1, 0.15) is 23.2 Å². The first-order valence-electron chi connectivity index (χ1n) is 6.88. The Bertz CT molecular complexity index is 647. The Balaban J connectivity index is 2.11. The summed E-state index contributed by atoms with van der Waals surface area (Å²) >= 11 is 0. The highest BCUT2D eigenvalue weighted by Gasteiger charge is 2.18. The van der Waals surface area contributed by atoms with Crippen molar-refractivity contribution in [1.82, 2.24) is 14.9 Å². The lowest BCUT2D eigenvalue weighted by atomic mass is 10.1. The summed E-state index contributed by atoms with van der Waals surface area (Å²) in [4.78, 5) is 24.7. The van der Waals surface area contributed by atoms with Gasteiger partial charge in [0, 0.05) is 38.1 Å². The smallest absolute Gasteiger partial charge is 0.253 e. The van der Waals surface area contributed by atoms with Crippen LogP contribution in [0.25, 0.3) is 10.9 Å². The van der Waals surface area contributed by atoms with E-state index in [1.165, 1.54) is 12.8 Å². The second-order valence-corrected chi connectivity index (χ2v) is 5.32. The summed E-state index contributed by atoms with van der Waals surface area (Å²) in [5.41, 5.74) is 1.56. The molecule has 0 unspecified atom stereocenters. The molecule has 0 saturated carbocycles. The SMILES string of the molecule is CN(C)C(=O)c1ccc2ncnc(N3CCCC3)c2c1. The van der Waals surface area contributed by atoms with Gasteiger partial charge < -0.3 is 9.80 Å². The van der Waals surface area contributed by atoms with Crippen LogP contribution >= 0.6 is 0 Å². The number of hydrogen-bond acceptors (Lipinski definition) is 4. The van der Waals surface area contributed by atoms with Crippen LogP contribution in [-0.2, 0) is 0 Å². The number of amides is 1. The number of nitrogens with zero attached hydrogens (tertiary/aromatic N) is 4. The first-order chi connectivity index (χ1) is 9.66. The molecule has 1 aromatic heterocycles. The molecule has 2 heterocycles. The molecule has 0 N–H and O–H groups in total. The molecule has 1 aliphatic rings. The lowest BCUT2D eigenvalue weighted by Crippen LogP contribution is -2.22. The van der Waals surface area contributed by atoms with Crippen LogP contribution in [0.3, 0.4) is 0 Å². The fraction of sp³-hybridized carbons (Fsp3) is 0.400. The van der Waals surface area contributed by atoms with Gasteiger partial charge in [0.15, 0.2) is 0 Å². The van der Waals surface area contributed by atoms with Gasteiger partial charge in [-0.15, -0.1) is 0 Å². The predicted octanol–water partition coefficient (Wildman–Crippen LogP) is 1.93. The zero-order valence-corrected chi connectivity index (χ0v) is 11.8. The summed E-state index contributed by atoms with van der Waals surface area (Å²) in [5, 5.41) is 0.960. The van der Waals surface area contributed by atoms with E-state index in [9.17, 15) is 4.79 Å². The van der Waals surface area contributed by atoms with E-state index < -0.39 is 0 Å². The van der Waals surface area contributed by atoms with Gasteiger partial charge in [0.05, 0.1) is 5.52 Å². The lowest BCUT2D eigenvalue weighted by Gasteiger charge is -2.18. The normalized spacial score (nSPS) is 14.8. The van der Waals surface area contributed by atoms with Crippen molar-refractivity contribution in [2.75, 3.05) is 32.1 Å². The maximum Gasteiger partial charge on any atom is 0.253 e. The van der Waals surface area contributed by atoms with Crippen molar-refractivity contribution >= 4 is 22.6 Å². The minimum Gasteiger partial charge on any atom is -0.356 e. The molecule has 0 aliphatic carbocycles. The molecule has 1 amide bonds. The van der Waals surface area contributed by atoms with Gasteiger partial charge in [-0.1, -0.05) is 0 Å². The molecule has 5 nitrogen and oxygen atoms in total. The summed E-state index contributed by atoms with van der Waals surface area (Å²) in [6, 6.07) is 5.63. The lowest BCUT2D eigenvalue weighted by molar-refractivity contribution is 0.0828. The van der Waals surface area contributed by atoms with Crippen molar-refractivity contribution in [3.63, 3.8) is 0 Å². The largest absolute Gasteiger partial charge is 0.356 e. The maximum atomic E-state index is 12.1. The number of anilines is 1. The molecule has 1 fully saturated rings. The van der Waals surface area contributed by atoms with Crippen molar-refractivity contribution in [2.45, 2.75) is 12.8 Å². The van der Waals surface area contributed by atoms with Gasteiger partial charge in [-0.3, -0.25) is 4.79 Å². The number of fused-ring (bicyclic) bond motifs is 1. The first-order valence-corrected chi connectivity index (χ1v) is 6.88. The molecule has 1 aliphatic heterocycles. The monoisotopic (exact) mass is 270 g/mol. The number of carbonyl (C=O) groups excluding carboxylic acids is 1. The van der Waals surface area contributed by atoms with Crippen LogP contribution in [0, 0.1) is 0 Å². The predicted molar refractivity (Wildman–Crippen MR) is 79.0 cm³/mol. The average Bonchev–Trinajstić information content (AvgIpc) is 2.99. The molecular weight excluding hydrogens is 252 g/mol. The van der Waals surface area contributed by atoms with Crippen molar-refractivity contribution in [1.29, 1.82) is 0 Å². The molecule has 0 bridgehead atoms. The maximum absolute atomic E-state index is 12.1. The first kappa shape index (κ1) is 12.8. The Hall–Kier alpha value is -2.17. The molecule has 104 valence electrons. The van der Waals surface area contributed by atoms with Crippen molar-refractivity contribution in [3.05, 3.63) is 30.1 Å². The summed E-state index contributed by atoms with van der Waals surface area (Å²) in [5.74, 6) is 0.948. The van der Waals surface area contributed by atoms with Crippen LogP contribution < -0.4 is 4.90 Å². The van der Waals surface area contributed by atoms with Crippen molar-refractivity contribution in [2.24, 2.45) is 0 Å². The highest BCUT2D eigenvalue weighted by molar-refractivity contribution is 6.00. The zero-order chi connectivity index (χ0) is 14.1. The molecule has 0 spiro atoms. The summed E-state index contributed by atoms with van der Waals surface area (Å²) < 4.78 is 0. The highest BCUT2D eigenvalue weighted by Crippen LogP contribution is 2.26. The molecule has 0 radical (unpaired) electrons. The van der Waals surface area contributed by atoms with E-state index in [1.807, 2.05) is 18.2 Å². The third-order valence-corrected chi connectivity index (χ3v) is 3.67. The molecule has 1 saturated heterocycles. The highest BCUT2D eigenvalue weighted by atomic mass is 16.2. The van der Waals surface area contributed by atoms with Gasteiger partial charge in [0.2, 0.25) is 0 Å². The van der Waals surface area contributed by atoms with Crippen molar-refractivity contribution < 1.29 is 4.79 Å². The fourth-order valence-corrected chi connectivity index (χ4v) is 2.62. The number of benzene rings is 1. The standard InChI is InChI=1S/C15H18N4O/c1-18(2)15(20)11-5-6-13-12(9-11)14(17-10-16-13)19-7-3-4-8-19/h5-6,9-10H,3-4,7-8H2,1-2H3. The van der Waals surface area contributed by atoms with Crippen molar-refractivity contribution in [3.8, 4) is 0 Å². The Labute approximate surface area is 118 Å². The van der Waals surface area contributed by atoms with Gasteiger partial charge in [-0.05, 0) is 31.0 Å². The molecule has 5 heteroatoms. The van der Waals surface area contributed by atoms with Gasteiger partial charge in [-0.2, -0.15) is 0 Å². The number of carbonyl (C=O) groups is 1. The minimum atomic E-state index is 0.00289. The number of rotatable bonds is 2. The van der Waals surface area contributed by atoms with Crippen LogP contribution in [0.4, 0.5) is 5.82 Å². The molecule has 0 atom stereocenters. The molecule has 1 aromatic carbocycles. The van der Waals surface area contributed by atoms with E-state index in [1.54, 1.807) is 25.3 Å². The Morgan fingerprint density at radius 3 is 2.65 bits per heavy atom. The fourth-order valence-electron chi connectivity index (χ4n) is 2.62. The second kappa shape index (κ2) is 5.07. The van der Waals surface area contributed by atoms with E-state index in [2.05, 4.69) is 14.9 Å². The Kier molecular flexibility index (Phi) is 3.26. The molecular formula is C15H18N4O. The molecule has 2 aromatic rings. The minimum absolute atomic E-state index is 0.00289. The van der Waals surface area contributed by atoms with Gasteiger partial charge >= 0.3 is 0 Å². The number of hydrogen-bond donors (Lipinski definition) is 0. The average molecular weight is 270 g/mol. The van der Waals surface area contributed by atoms with Gasteiger partial charge in [0.25, 0.3) is 5.91 Å². The summed E-state index contributed by atoms with van der Waals surface area (Å²) in [7, 11) is 3.52. The second-order valence-electron chi connectivity index (χ2n) is 5.32. The van der Waals surface area contributed by atoms with E-state index in [-0.39, 0.29) is 5.91 Å². The van der Waals surface area contributed by atoms with Gasteiger partial charge in [-0.25, -0.2) is 9.97 Å². The number of aromatic nitrogens is 2. The third-order valence-electron chi connectivity index (χ3n) is 3.67. The van der Waals surface area contributed by atoms with Gasteiger partial charge in [0.1, 0.15) is 12.1 Å². The van der Waals surface area contributed by atoms with E-state index in [0.717, 1.165) is 29.8 Å². The van der Waals surface area contributed by atoms with E-state index in [4.69, 9.17) is 0 Å². The molecule has 3 rings (SSSR count). The zero-order valence-electron chi connectivity index (χ0n) is 11.8. The molecule has 20 heavy (non-hydrogen) atoms. The topological polar surface area (TPSA) is 49.3 Å². The van der Waals surface area contributed by atoms with E-state index >= 15 is 0 Å². The van der Waals surface area contributed by atoms with Crippen LogP contribution in [0.2, 0.25) is 0 Å². The quantitative estimate of drug-likeness (QED) is 0.836. The van der Waals surface area contributed by atoms with Crippen LogP contribution in [0.5, 0.6) is 0 Å². The van der Waals surface area contributed by atoms with Crippen LogP contribution in [-0.4, -0.2) is 48.0 Å². The van der Waals surface area contributed by atoms with Crippen LogP contribution in [0.15, 0.2) is 24.5 Å². The Morgan fingerprint density at radius 1 is 1.20 bits per heavy atom. The summed E-state index contributed by atoms with van der Waals surface area (Å²) in [6.07, 6.45) is 3.99. The van der Waals surface area contributed by atoms with E-state index in [0.29, 0.717) is 5.56 Å². The summed E-state index contributed by atoms with van der Waals surface area (Å²) in [6.45, 7) is 2.05. The Morgan fingerprint density at radius 2 is 1.95 bits per heavy atom.